The fourth-order valence-corrected chi connectivity index (χ4v) is 1.31. The SMILES string of the molecule is [O]c1cc(F)cc2cccc(F)c12. The van der Waals surface area contributed by atoms with Crippen LogP contribution in [0.25, 0.3) is 10.8 Å². The van der Waals surface area contributed by atoms with E-state index >= 15 is 0 Å². The lowest BCUT2D eigenvalue weighted by atomic mass is 10.1. The summed E-state index contributed by atoms with van der Waals surface area (Å²) in [6.45, 7) is 0. The van der Waals surface area contributed by atoms with Gasteiger partial charge in [0.25, 0.3) is 0 Å². The predicted octanol–water partition coefficient (Wildman–Crippen LogP) is 3.26. The zero-order valence-corrected chi connectivity index (χ0v) is 6.55. The van der Waals surface area contributed by atoms with E-state index in [0.29, 0.717) is 5.39 Å². The summed E-state index contributed by atoms with van der Waals surface area (Å²) in [5, 5.41) is 11.4. The molecular formula is C10H5F2O. The van der Waals surface area contributed by atoms with Gasteiger partial charge in [-0.05, 0) is 17.5 Å². The molecule has 1 radical (unpaired) electrons. The van der Waals surface area contributed by atoms with Gasteiger partial charge < -0.3 is 0 Å². The highest BCUT2D eigenvalue weighted by Crippen LogP contribution is 2.28. The van der Waals surface area contributed by atoms with E-state index in [0.717, 1.165) is 12.1 Å². The maximum Gasteiger partial charge on any atom is 0.192 e. The van der Waals surface area contributed by atoms with E-state index in [-0.39, 0.29) is 5.39 Å². The van der Waals surface area contributed by atoms with Crippen LogP contribution >= 0.6 is 0 Å². The molecule has 2 aromatic carbocycles. The quantitative estimate of drug-likeness (QED) is 0.591. The van der Waals surface area contributed by atoms with E-state index in [9.17, 15) is 13.9 Å². The van der Waals surface area contributed by atoms with Crippen LogP contribution in [0.4, 0.5) is 8.78 Å². The van der Waals surface area contributed by atoms with Crippen LogP contribution in [-0.2, 0) is 5.11 Å². The third-order valence-electron chi connectivity index (χ3n) is 1.85. The average molecular weight is 179 g/mol. The molecule has 0 aliphatic heterocycles. The second-order valence-electron chi connectivity index (χ2n) is 2.74. The van der Waals surface area contributed by atoms with Crippen LogP contribution in [0.1, 0.15) is 0 Å². The summed E-state index contributed by atoms with van der Waals surface area (Å²) in [6.07, 6.45) is 0. The number of rotatable bonds is 0. The predicted molar refractivity (Wildman–Crippen MR) is 44.0 cm³/mol. The van der Waals surface area contributed by atoms with Crippen molar-refractivity contribution in [1.82, 2.24) is 0 Å². The molecule has 0 amide bonds. The molecule has 0 spiro atoms. The van der Waals surface area contributed by atoms with Crippen molar-refractivity contribution < 1.29 is 13.9 Å². The highest BCUT2D eigenvalue weighted by molar-refractivity contribution is 5.88. The number of fused-ring (bicyclic) bond motifs is 1. The standard InChI is InChI=1S/C10H5F2O/c11-7-4-6-2-1-3-8(12)10(6)9(13)5-7/h1-5H. The molecule has 0 saturated carbocycles. The molecule has 0 atom stereocenters. The second kappa shape index (κ2) is 2.69. The highest BCUT2D eigenvalue weighted by atomic mass is 19.1. The largest absolute Gasteiger partial charge is 0.289 e. The smallest absolute Gasteiger partial charge is 0.192 e. The third-order valence-corrected chi connectivity index (χ3v) is 1.85. The molecule has 65 valence electrons. The van der Waals surface area contributed by atoms with Crippen molar-refractivity contribution in [1.29, 1.82) is 0 Å². The monoisotopic (exact) mass is 179 g/mol. The Kier molecular flexibility index (Phi) is 1.65. The topological polar surface area (TPSA) is 19.9 Å². The first-order valence-corrected chi connectivity index (χ1v) is 3.73. The molecule has 0 heterocycles. The molecule has 0 fully saturated rings. The lowest BCUT2D eigenvalue weighted by Crippen LogP contribution is -1.81. The molecule has 0 aliphatic rings. The summed E-state index contributed by atoms with van der Waals surface area (Å²) in [6, 6.07) is 6.05. The average Bonchev–Trinajstić information content (AvgIpc) is 2.02. The van der Waals surface area contributed by atoms with Gasteiger partial charge in [-0.2, -0.15) is 0 Å². The van der Waals surface area contributed by atoms with Crippen LogP contribution in [-0.4, -0.2) is 0 Å². The molecule has 0 N–H and O–H groups in total. The molecule has 0 aliphatic carbocycles. The summed E-state index contributed by atoms with van der Waals surface area (Å²) in [7, 11) is 0. The number of hydrogen-bond acceptors (Lipinski definition) is 0. The van der Waals surface area contributed by atoms with Crippen LogP contribution < -0.4 is 0 Å². The molecule has 0 aromatic heterocycles. The summed E-state index contributed by atoms with van der Waals surface area (Å²) in [4.78, 5) is 0. The fraction of sp³-hybridized carbons (Fsp3) is 0. The second-order valence-corrected chi connectivity index (χ2v) is 2.74. The van der Waals surface area contributed by atoms with E-state index in [2.05, 4.69) is 0 Å². The van der Waals surface area contributed by atoms with Crippen molar-refractivity contribution in [3.63, 3.8) is 0 Å². The number of halogens is 2. The Hall–Kier alpha value is -1.64. The maximum atomic E-state index is 13.1. The Morgan fingerprint density at radius 1 is 1.08 bits per heavy atom. The Bertz CT molecular complexity index is 466. The van der Waals surface area contributed by atoms with Gasteiger partial charge in [-0.15, -0.1) is 0 Å². The minimum absolute atomic E-state index is 0.0519. The van der Waals surface area contributed by atoms with Gasteiger partial charge in [-0.25, -0.2) is 8.78 Å². The van der Waals surface area contributed by atoms with E-state index in [1.54, 1.807) is 0 Å². The molecule has 0 saturated heterocycles. The number of benzene rings is 2. The molecule has 0 unspecified atom stereocenters. The van der Waals surface area contributed by atoms with E-state index < -0.39 is 17.4 Å². The molecular weight excluding hydrogens is 174 g/mol. The van der Waals surface area contributed by atoms with Crippen LogP contribution in [0, 0.1) is 11.6 Å². The van der Waals surface area contributed by atoms with Gasteiger partial charge in [-0.1, -0.05) is 12.1 Å². The maximum absolute atomic E-state index is 13.1. The van der Waals surface area contributed by atoms with E-state index in [1.165, 1.54) is 18.2 Å². The number of hydrogen-bond donors (Lipinski definition) is 0. The first kappa shape index (κ1) is 7.98. The van der Waals surface area contributed by atoms with Crippen molar-refractivity contribution >= 4 is 10.8 Å². The zero-order valence-electron chi connectivity index (χ0n) is 6.55. The molecule has 3 heteroatoms. The van der Waals surface area contributed by atoms with Crippen LogP contribution in [0.5, 0.6) is 5.75 Å². The van der Waals surface area contributed by atoms with Crippen molar-refractivity contribution in [3.8, 4) is 5.75 Å². The van der Waals surface area contributed by atoms with Crippen LogP contribution in [0.3, 0.4) is 0 Å². The molecule has 2 rings (SSSR count). The lowest BCUT2D eigenvalue weighted by molar-refractivity contribution is 0.356. The van der Waals surface area contributed by atoms with Gasteiger partial charge in [0.05, 0.1) is 5.39 Å². The first-order chi connectivity index (χ1) is 6.18. The summed E-state index contributed by atoms with van der Waals surface area (Å²) in [5.74, 6) is -1.86. The van der Waals surface area contributed by atoms with Gasteiger partial charge >= 0.3 is 0 Å². The van der Waals surface area contributed by atoms with Gasteiger partial charge in [-0.3, -0.25) is 5.11 Å². The van der Waals surface area contributed by atoms with Crippen molar-refractivity contribution in [2.45, 2.75) is 0 Å². The van der Waals surface area contributed by atoms with Crippen molar-refractivity contribution in [2.75, 3.05) is 0 Å². The summed E-state index contributed by atoms with van der Waals surface area (Å²) < 4.78 is 25.8. The minimum atomic E-state index is -0.636. The van der Waals surface area contributed by atoms with Crippen LogP contribution in [0.15, 0.2) is 30.3 Å². The van der Waals surface area contributed by atoms with Crippen molar-refractivity contribution in [3.05, 3.63) is 42.0 Å². The lowest BCUT2D eigenvalue weighted by Gasteiger charge is -1.99. The van der Waals surface area contributed by atoms with Crippen LogP contribution in [0.2, 0.25) is 0 Å². The normalized spacial score (nSPS) is 10.6. The first-order valence-electron chi connectivity index (χ1n) is 3.73. The fourth-order valence-electron chi connectivity index (χ4n) is 1.31. The van der Waals surface area contributed by atoms with Gasteiger partial charge in [0.15, 0.2) is 5.75 Å². The third kappa shape index (κ3) is 1.22. The zero-order chi connectivity index (χ0) is 9.42. The summed E-state index contributed by atoms with van der Waals surface area (Å²) >= 11 is 0. The Labute approximate surface area is 73.2 Å². The molecule has 1 nitrogen and oxygen atoms in total. The summed E-state index contributed by atoms with van der Waals surface area (Å²) in [5.41, 5.74) is 0. The minimum Gasteiger partial charge on any atom is -0.289 e. The highest BCUT2D eigenvalue weighted by Gasteiger charge is 2.08. The van der Waals surface area contributed by atoms with E-state index in [4.69, 9.17) is 0 Å². The molecule has 2 aromatic rings. The van der Waals surface area contributed by atoms with Gasteiger partial charge in [0, 0.05) is 6.07 Å². The molecule has 13 heavy (non-hydrogen) atoms. The Morgan fingerprint density at radius 2 is 1.85 bits per heavy atom. The van der Waals surface area contributed by atoms with E-state index in [1.807, 2.05) is 0 Å². The van der Waals surface area contributed by atoms with Gasteiger partial charge in [0.1, 0.15) is 11.6 Å². The Morgan fingerprint density at radius 3 is 2.62 bits per heavy atom. The van der Waals surface area contributed by atoms with Crippen molar-refractivity contribution in [2.24, 2.45) is 0 Å². The van der Waals surface area contributed by atoms with Gasteiger partial charge in [0.2, 0.25) is 0 Å². The Balaban J connectivity index is 2.94. The molecule has 0 bridgehead atoms.